The molecule has 3 rings (SSSR count). The normalized spacial score (nSPS) is 16.5. The number of benzene rings is 1. The van der Waals surface area contributed by atoms with Crippen LogP contribution in [0, 0.1) is 0 Å². The van der Waals surface area contributed by atoms with E-state index in [1.54, 1.807) is 19.2 Å². The molecule has 1 amide bonds. The Morgan fingerprint density at radius 1 is 1.20 bits per heavy atom. The van der Waals surface area contributed by atoms with E-state index in [2.05, 4.69) is 4.98 Å². The minimum Gasteiger partial charge on any atom is -0.496 e. The van der Waals surface area contributed by atoms with Crippen LogP contribution in [0.5, 0.6) is 5.75 Å². The summed E-state index contributed by atoms with van der Waals surface area (Å²) in [6, 6.07) is 11.2. The number of carbonyl (C=O) groups excluding carboxylic acids is 1. The first kappa shape index (κ1) is 17.3. The maximum atomic E-state index is 13.2. The fraction of sp³-hybridized carbons (Fsp3) is 0.368. The molecule has 1 aromatic heterocycles. The molecule has 0 unspecified atom stereocenters. The number of para-hydroxylation sites is 1. The zero-order chi connectivity index (χ0) is 17.9. The van der Waals surface area contributed by atoms with Gasteiger partial charge in [-0.2, -0.15) is 0 Å². The number of aromatic nitrogens is 1. The van der Waals surface area contributed by atoms with Crippen molar-refractivity contribution in [2.24, 2.45) is 0 Å². The van der Waals surface area contributed by atoms with E-state index in [0.29, 0.717) is 12.0 Å². The molecule has 1 fully saturated rings. The number of methoxy groups -OCH3 is 1. The van der Waals surface area contributed by atoms with E-state index in [-0.39, 0.29) is 31.8 Å². The average molecular weight is 346 g/mol. The first-order valence-electron chi connectivity index (χ1n) is 8.22. The number of hydrogen-bond donors (Lipinski definition) is 0. The summed E-state index contributed by atoms with van der Waals surface area (Å²) in [5.74, 6) is -2.11. The molecule has 0 bridgehead atoms. The molecule has 1 aromatic carbocycles. The van der Waals surface area contributed by atoms with Crippen molar-refractivity contribution >= 4 is 5.91 Å². The number of halogens is 2. The van der Waals surface area contributed by atoms with Crippen molar-refractivity contribution < 1.29 is 18.3 Å². The van der Waals surface area contributed by atoms with Crippen molar-refractivity contribution in [1.82, 2.24) is 9.88 Å². The molecule has 0 aliphatic carbocycles. The molecule has 1 aliphatic rings. The molecule has 132 valence electrons. The van der Waals surface area contributed by atoms with E-state index in [4.69, 9.17) is 4.74 Å². The molecular formula is C19H20F2N2O2. The number of amides is 1. The van der Waals surface area contributed by atoms with E-state index < -0.39 is 5.92 Å². The van der Waals surface area contributed by atoms with Crippen LogP contribution in [0.15, 0.2) is 42.6 Å². The number of rotatable bonds is 4. The minimum absolute atomic E-state index is 0.0782. The summed E-state index contributed by atoms with van der Waals surface area (Å²) >= 11 is 0. The monoisotopic (exact) mass is 346 g/mol. The molecule has 0 atom stereocenters. The number of hydrogen-bond acceptors (Lipinski definition) is 3. The van der Waals surface area contributed by atoms with Crippen LogP contribution < -0.4 is 4.74 Å². The van der Waals surface area contributed by atoms with Gasteiger partial charge in [0.1, 0.15) is 5.75 Å². The summed E-state index contributed by atoms with van der Waals surface area (Å²) in [4.78, 5) is 18.2. The molecule has 1 saturated heterocycles. The highest BCUT2D eigenvalue weighted by molar-refractivity contribution is 5.94. The van der Waals surface area contributed by atoms with Gasteiger partial charge in [0.05, 0.1) is 12.7 Å². The molecule has 0 saturated carbocycles. The van der Waals surface area contributed by atoms with Crippen molar-refractivity contribution in [3.8, 4) is 5.75 Å². The first-order valence-corrected chi connectivity index (χ1v) is 8.22. The number of likely N-dealkylation sites (tertiary alicyclic amines) is 1. The van der Waals surface area contributed by atoms with Gasteiger partial charge in [0.2, 0.25) is 0 Å². The summed E-state index contributed by atoms with van der Waals surface area (Å²) in [6.45, 7) is 0.156. The molecule has 0 N–H and O–H groups in total. The summed E-state index contributed by atoms with van der Waals surface area (Å²) in [5, 5.41) is 0. The van der Waals surface area contributed by atoms with E-state index in [9.17, 15) is 13.6 Å². The van der Waals surface area contributed by atoms with Crippen LogP contribution in [0.25, 0.3) is 0 Å². The summed E-state index contributed by atoms with van der Waals surface area (Å²) in [7, 11) is 1.62. The third-order valence-corrected chi connectivity index (χ3v) is 4.42. The fourth-order valence-corrected chi connectivity index (χ4v) is 2.92. The Labute approximate surface area is 145 Å². The van der Waals surface area contributed by atoms with Crippen LogP contribution in [-0.2, 0) is 6.42 Å². The van der Waals surface area contributed by atoms with E-state index >= 15 is 0 Å². The summed E-state index contributed by atoms with van der Waals surface area (Å²) in [6.07, 6.45) is 1.55. The van der Waals surface area contributed by atoms with Crippen molar-refractivity contribution in [1.29, 1.82) is 0 Å². The van der Waals surface area contributed by atoms with Crippen molar-refractivity contribution in [2.75, 3.05) is 20.2 Å². The smallest absolute Gasteiger partial charge is 0.255 e. The van der Waals surface area contributed by atoms with Crippen molar-refractivity contribution in [3.63, 3.8) is 0 Å². The minimum atomic E-state index is -2.66. The van der Waals surface area contributed by atoms with Gasteiger partial charge < -0.3 is 9.64 Å². The standard InChI is InChI=1S/C19H20F2N2O2/c1-25-17-5-3-2-4-14(17)12-16-7-6-15(13-22-16)18(24)23-10-8-19(20,21)9-11-23/h2-7,13H,8-12H2,1H3. The lowest BCUT2D eigenvalue weighted by Gasteiger charge is -2.31. The Kier molecular flexibility index (Phi) is 4.97. The van der Waals surface area contributed by atoms with Crippen LogP contribution >= 0.6 is 0 Å². The molecule has 2 heterocycles. The fourth-order valence-electron chi connectivity index (χ4n) is 2.92. The number of ether oxygens (including phenoxy) is 1. The molecule has 2 aromatic rings. The molecule has 4 nitrogen and oxygen atoms in total. The third kappa shape index (κ3) is 4.13. The quantitative estimate of drug-likeness (QED) is 0.850. The zero-order valence-corrected chi connectivity index (χ0v) is 14.0. The Bertz CT molecular complexity index is 737. The highest BCUT2D eigenvalue weighted by Gasteiger charge is 2.35. The average Bonchev–Trinajstić information content (AvgIpc) is 2.62. The second-order valence-corrected chi connectivity index (χ2v) is 6.17. The van der Waals surface area contributed by atoms with E-state index in [1.165, 1.54) is 11.1 Å². The molecule has 0 radical (unpaired) electrons. The summed E-state index contributed by atoms with van der Waals surface area (Å²) < 4.78 is 31.7. The number of pyridine rings is 1. The zero-order valence-electron chi connectivity index (χ0n) is 14.0. The molecular weight excluding hydrogens is 326 g/mol. The summed E-state index contributed by atoms with van der Waals surface area (Å²) in [5.41, 5.74) is 2.25. The van der Waals surface area contributed by atoms with E-state index in [0.717, 1.165) is 17.0 Å². The second kappa shape index (κ2) is 7.17. The van der Waals surface area contributed by atoms with Crippen LogP contribution in [0.3, 0.4) is 0 Å². The van der Waals surface area contributed by atoms with Gasteiger partial charge in [-0.15, -0.1) is 0 Å². The van der Waals surface area contributed by atoms with Gasteiger partial charge >= 0.3 is 0 Å². The Balaban J connectivity index is 1.67. The maximum absolute atomic E-state index is 13.2. The number of nitrogens with zero attached hydrogens (tertiary/aromatic N) is 2. The number of carbonyl (C=O) groups is 1. The van der Waals surface area contributed by atoms with Crippen LogP contribution in [0.1, 0.15) is 34.5 Å². The van der Waals surface area contributed by atoms with Gasteiger partial charge in [0.15, 0.2) is 0 Å². The van der Waals surface area contributed by atoms with E-state index in [1.807, 2.05) is 24.3 Å². The highest BCUT2D eigenvalue weighted by atomic mass is 19.3. The predicted molar refractivity (Wildman–Crippen MR) is 90.1 cm³/mol. The van der Waals surface area contributed by atoms with Crippen molar-refractivity contribution in [3.05, 3.63) is 59.4 Å². The van der Waals surface area contributed by atoms with Gasteiger partial charge in [0, 0.05) is 49.8 Å². The largest absolute Gasteiger partial charge is 0.496 e. The third-order valence-electron chi connectivity index (χ3n) is 4.42. The number of alkyl halides is 2. The highest BCUT2D eigenvalue weighted by Crippen LogP contribution is 2.28. The van der Waals surface area contributed by atoms with Gasteiger partial charge in [-0.1, -0.05) is 18.2 Å². The second-order valence-electron chi connectivity index (χ2n) is 6.17. The lowest BCUT2D eigenvalue weighted by molar-refractivity contribution is -0.0494. The van der Waals surface area contributed by atoms with Gasteiger partial charge in [-0.25, -0.2) is 8.78 Å². The Morgan fingerprint density at radius 3 is 2.56 bits per heavy atom. The Hall–Kier alpha value is -2.50. The predicted octanol–water partition coefficient (Wildman–Crippen LogP) is 3.55. The molecule has 1 aliphatic heterocycles. The lowest BCUT2D eigenvalue weighted by Crippen LogP contribution is -2.42. The first-order chi connectivity index (χ1) is 12.0. The van der Waals surface area contributed by atoms with Gasteiger partial charge in [-0.05, 0) is 18.2 Å². The van der Waals surface area contributed by atoms with Gasteiger partial charge in [0.25, 0.3) is 11.8 Å². The Morgan fingerprint density at radius 2 is 1.92 bits per heavy atom. The van der Waals surface area contributed by atoms with Crippen LogP contribution in [0.2, 0.25) is 0 Å². The molecule has 25 heavy (non-hydrogen) atoms. The number of piperidine rings is 1. The van der Waals surface area contributed by atoms with Gasteiger partial charge in [-0.3, -0.25) is 9.78 Å². The maximum Gasteiger partial charge on any atom is 0.255 e. The molecule has 6 heteroatoms. The van der Waals surface area contributed by atoms with Crippen LogP contribution in [-0.4, -0.2) is 41.9 Å². The van der Waals surface area contributed by atoms with Crippen molar-refractivity contribution in [2.45, 2.75) is 25.2 Å². The SMILES string of the molecule is COc1ccccc1Cc1ccc(C(=O)N2CCC(F)(F)CC2)cn1. The topological polar surface area (TPSA) is 42.4 Å². The van der Waals surface area contributed by atoms with Crippen LogP contribution in [0.4, 0.5) is 8.78 Å². The lowest BCUT2D eigenvalue weighted by atomic mass is 10.1. The molecule has 0 spiro atoms.